The fourth-order valence-electron chi connectivity index (χ4n) is 3.67. The average molecular weight is 590 g/mol. The molecule has 0 aromatic heterocycles. The molecule has 0 saturated carbocycles. The number of piperazine rings is 1. The Labute approximate surface area is 232 Å². The summed E-state index contributed by atoms with van der Waals surface area (Å²) in [4.78, 5) is 27.4. The van der Waals surface area contributed by atoms with Crippen LogP contribution < -0.4 is 15.5 Å². The van der Waals surface area contributed by atoms with E-state index in [2.05, 4.69) is 10.6 Å². The summed E-state index contributed by atoms with van der Waals surface area (Å²) in [6.07, 6.45) is 1.19. The number of rotatable bonds is 11. The van der Waals surface area contributed by atoms with E-state index in [1.54, 1.807) is 24.1 Å². The van der Waals surface area contributed by atoms with E-state index in [-0.39, 0.29) is 49.7 Å². The van der Waals surface area contributed by atoms with E-state index >= 15 is 0 Å². The average Bonchev–Trinajstić information content (AvgIpc) is 2.77. The lowest BCUT2D eigenvalue weighted by Crippen LogP contribution is -2.56. The highest BCUT2D eigenvalue weighted by Gasteiger charge is 2.27. The summed E-state index contributed by atoms with van der Waals surface area (Å²) < 4.78 is 24.7. The standard InChI is InChI=1S/C22H37ClN6O4S.2ClH/c1-17(2)25-8-9-29(20-14-19(23)7-6-18(20)3)22(31)16-24-15-21(30)26(4)27-10-12-28(13-11-27)34(5,32)33;;/h6-7,14,17,24-25H,8-13,15-16H2,1-5H3;2*1H. The second kappa shape index (κ2) is 15.9. The normalized spacial score (nSPS) is 14.6. The third kappa shape index (κ3) is 10.7. The third-order valence-corrected chi connectivity index (χ3v) is 7.21. The maximum atomic E-state index is 13.1. The number of aryl methyl sites for hydroxylation is 1. The number of hydrogen-bond donors (Lipinski definition) is 2. The van der Waals surface area contributed by atoms with Crippen LogP contribution in [0.3, 0.4) is 0 Å². The molecule has 2 N–H and O–H groups in total. The van der Waals surface area contributed by atoms with E-state index in [0.717, 1.165) is 11.3 Å². The van der Waals surface area contributed by atoms with E-state index in [0.29, 0.717) is 50.3 Å². The number of nitrogens with one attached hydrogen (secondary N) is 2. The lowest BCUT2D eigenvalue weighted by molar-refractivity contribution is -0.146. The molecular weight excluding hydrogens is 551 g/mol. The number of hydrogen-bond acceptors (Lipinski definition) is 7. The molecule has 1 aromatic carbocycles. The zero-order valence-corrected chi connectivity index (χ0v) is 24.7. The maximum Gasteiger partial charge on any atom is 0.250 e. The monoisotopic (exact) mass is 588 g/mol. The largest absolute Gasteiger partial charge is 0.313 e. The van der Waals surface area contributed by atoms with Gasteiger partial charge in [0.05, 0.1) is 19.3 Å². The predicted octanol–water partition coefficient (Wildman–Crippen LogP) is 1.36. The van der Waals surface area contributed by atoms with Crippen LogP contribution in [0, 0.1) is 6.92 Å². The van der Waals surface area contributed by atoms with Gasteiger partial charge in [0.25, 0.3) is 5.91 Å². The molecule has 0 unspecified atom stereocenters. The number of anilines is 1. The van der Waals surface area contributed by atoms with Gasteiger partial charge in [0.15, 0.2) is 0 Å². The Kier molecular flexibility index (Phi) is 15.4. The van der Waals surface area contributed by atoms with Crippen molar-refractivity contribution in [2.45, 2.75) is 26.8 Å². The first-order chi connectivity index (χ1) is 15.9. The van der Waals surface area contributed by atoms with Gasteiger partial charge >= 0.3 is 0 Å². The Balaban J connectivity index is 0.00000612. The van der Waals surface area contributed by atoms with Crippen molar-refractivity contribution in [2.75, 3.05) is 70.6 Å². The highest BCUT2D eigenvalue weighted by Crippen LogP contribution is 2.24. The van der Waals surface area contributed by atoms with Gasteiger partial charge in [-0.15, -0.1) is 24.8 Å². The van der Waals surface area contributed by atoms with Crippen LogP contribution in [-0.2, 0) is 19.6 Å². The summed E-state index contributed by atoms with van der Waals surface area (Å²) in [5, 5.41) is 10.1. The summed E-state index contributed by atoms with van der Waals surface area (Å²) in [7, 11) is -1.58. The molecule has 1 aliphatic rings. The quantitative estimate of drug-likeness (QED) is 0.402. The number of nitrogens with zero attached hydrogens (tertiary/aromatic N) is 4. The zero-order chi connectivity index (χ0) is 25.5. The number of carbonyl (C=O) groups is 2. The molecular formula is C22H39Cl3N6O4S. The lowest BCUT2D eigenvalue weighted by Gasteiger charge is -2.38. The van der Waals surface area contributed by atoms with Crippen LogP contribution in [0.2, 0.25) is 5.02 Å². The van der Waals surface area contributed by atoms with Crippen LogP contribution in [0.25, 0.3) is 0 Å². The van der Waals surface area contributed by atoms with Gasteiger partial charge in [0, 0.05) is 63.1 Å². The minimum Gasteiger partial charge on any atom is -0.313 e. The summed E-state index contributed by atoms with van der Waals surface area (Å²) in [5.74, 6) is -0.360. The summed E-state index contributed by atoms with van der Waals surface area (Å²) in [6.45, 7) is 8.62. The van der Waals surface area contributed by atoms with E-state index in [9.17, 15) is 18.0 Å². The molecule has 0 radical (unpaired) electrons. The van der Waals surface area contributed by atoms with Crippen LogP contribution in [0.15, 0.2) is 18.2 Å². The van der Waals surface area contributed by atoms with Crippen molar-refractivity contribution in [3.05, 3.63) is 28.8 Å². The second-order valence-electron chi connectivity index (χ2n) is 8.72. The van der Waals surface area contributed by atoms with E-state index in [1.165, 1.54) is 15.6 Å². The van der Waals surface area contributed by atoms with Gasteiger partial charge in [0.1, 0.15) is 0 Å². The number of amides is 2. The van der Waals surface area contributed by atoms with Crippen LogP contribution in [-0.4, -0.2) is 106 Å². The lowest BCUT2D eigenvalue weighted by atomic mass is 10.1. The molecule has 10 nitrogen and oxygen atoms in total. The van der Waals surface area contributed by atoms with Gasteiger partial charge in [-0.2, -0.15) is 4.31 Å². The van der Waals surface area contributed by atoms with E-state index in [1.807, 2.05) is 31.8 Å². The van der Waals surface area contributed by atoms with Gasteiger partial charge in [-0.3, -0.25) is 19.9 Å². The highest BCUT2D eigenvalue weighted by atomic mass is 35.5. The first-order valence-electron chi connectivity index (χ1n) is 11.4. The highest BCUT2D eigenvalue weighted by molar-refractivity contribution is 7.88. The number of sulfonamides is 1. The van der Waals surface area contributed by atoms with Crippen LogP contribution in [0.5, 0.6) is 0 Å². The fraction of sp³-hybridized carbons (Fsp3) is 0.636. The van der Waals surface area contributed by atoms with Gasteiger partial charge in [-0.25, -0.2) is 13.4 Å². The first kappa shape index (κ1) is 34.8. The smallest absolute Gasteiger partial charge is 0.250 e. The zero-order valence-electron chi connectivity index (χ0n) is 21.5. The van der Waals surface area contributed by atoms with Crippen molar-refractivity contribution in [1.29, 1.82) is 0 Å². The van der Waals surface area contributed by atoms with Gasteiger partial charge < -0.3 is 10.2 Å². The van der Waals surface area contributed by atoms with Crippen molar-refractivity contribution in [2.24, 2.45) is 0 Å². The molecule has 1 aliphatic heterocycles. The van der Waals surface area contributed by atoms with Gasteiger partial charge in [0.2, 0.25) is 15.9 Å². The molecule has 0 spiro atoms. The summed E-state index contributed by atoms with van der Waals surface area (Å²) >= 11 is 6.18. The Morgan fingerprint density at radius 3 is 2.22 bits per heavy atom. The van der Waals surface area contributed by atoms with Gasteiger partial charge in [-0.05, 0) is 24.6 Å². The van der Waals surface area contributed by atoms with Crippen molar-refractivity contribution in [3.8, 4) is 0 Å². The predicted molar refractivity (Wildman–Crippen MR) is 150 cm³/mol. The Bertz CT molecular complexity index is 959. The Morgan fingerprint density at radius 1 is 1.08 bits per heavy atom. The molecule has 2 amide bonds. The first-order valence-corrected chi connectivity index (χ1v) is 13.6. The number of benzene rings is 1. The number of halogens is 3. The van der Waals surface area contributed by atoms with Crippen LogP contribution in [0.4, 0.5) is 5.69 Å². The Hall–Kier alpha value is -1.18. The fourth-order valence-corrected chi connectivity index (χ4v) is 4.66. The molecule has 2 rings (SSSR count). The van der Waals surface area contributed by atoms with Crippen LogP contribution in [0.1, 0.15) is 19.4 Å². The molecule has 1 aromatic rings. The molecule has 14 heteroatoms. The van der Waals surface area contributed by atoms with Crippen molar-refractivity contribution in [3.63, 3.8) is 0 Å². The third-order valence-electron chi connectivity index (χ3n) is 5.67. The van der Waals surface area contributed by atoms with E-state index in [4.69, 9.17) is 11.6 Å². The van der Waals surface area contributed by atoms with Crippen molar-refractivity contribution in [1.82, 2.24) is 25.0 Å². The van der Waals surface area contributed by atoms with Crippen molar-refractivity contribution >= 4 is 63.9 Å². The molecule has 0 aliphatic carbocycles. The van der Waals surface area contributed by atoms with Crippen molar-refractivity contribution < 1.29 is 18.0 Å². The molecule has 0 bridgehead atoms. The van der Waals surface area contributed by atoms with Crippen LogP contribution >= 0.6 is 36.4 Å². The molecule has 1 fully saturated rings. The molecule has 0 atom stereocenters. The Morgan fingerprint density at radius 2 is 1.67 bits per heavy atom. The molecule has 36 heavy (non-hydrogen) atoms. The van der Waals surface area contributed by atoms with Gasteiger partial charge in [-0.1, -0.05) is 31.5 Å². The minimum absolute atomic E-state index is 0. The SMILES string of the molecule is Cc1ccc(Cl)cc1N(CCNC(C)C)C(=O)CNCC(=O)N(C)N1CCN(S(C)(=O)=O)CC1.Cl.Cl. The molecule has 1 saturated heterocycles. The summed E-state index contributed by atoms with van der Waals surface area (Å²) in [6, 6.07) is 5.74. The second-order valence-corrected chi connectivity index (χ2v) is 11.1. The molecule has 208 valence electrons. The minimum atomic E-state index is -3.23. The molecule has 1 heterocycles. The number of hydrazine groups is 1. The number of carbonyl (C=O) groups excluding carboxylic acids is 2. The topological polar surface area (TPSA) is 105 Å². The maximum absolute atomic E-state index is 13.1. The van der Waals surface area contributed by atoms with E-state index < -0.39 is 10.0 Å². The summed E-state index contributed by atoms with van der Waals surface area (Å²) in [5.41, 5.74) is 1.68. The number of likely N-dealkylation sites (N-methyl/N-ethyl adjacent to an activating group) is 1.